The number of hydrogen-bond donors (Lipinski definition) is 1. The molecule has 1 heterocycles. The topological polar surface area (TPSA) is 29.1 Å². The molecule has 0 amide bonds. The average Bonchev–Trinajstić information content (AvgIpc) is 2.17. The van der Waals surface area contributed by atoms with Gasteiger partial charge < -0.3 is 10.1 Å². The van der Waals surface area contributed by atoms with Gasteiger partial charge in [-0.25, -0.2) is 0 Å². The fourth-order valence-electron chi connectivity index (χ4n) is 2.19. The van der Waals surface area contributed by atoms with Crippen LogP contribution in [0.25, 0.3) is 0 Å². The van der Waals surface area contributed by atoms with E-state index in [1.54, 1.807) is 0 Å². The second kappa shape index (κ2) is 3.30. The summed E-state index contributed by atoms with van der Waals surface area (Å²) in [5.41, 5.74) is 1.34. The summed E-state index contributed by atoms with van der Waals surface area (Å²) < 4.78 is 0. The first-order valence-electron chi connectivity index (χ1n) is 4.82. The maximum absolute atomic E-state index is 10.5. The van der Waals surface area contributed by atoms with Crippen molar-refractivity contribution in [2.45, 2.75) is 38.1 Å². The van der Waals surface area contributed by atoms with Gasteiger partial charge in [0.25, 0.3) is 0 Å². The Morgan fingerprint density at radius 1 is 1.42 bits per heavy atom. The van der Waals surface area contributed by atoms with Crippen molar-refractivity contribution in [1.82, 2.24) is 5.32 Å². The molecule has 0 radical (unpaired) electrons. The number of piperidine rings is 1. The van der Waals surface area contributed by atoms with Crippen molar-refractivity contribution in [3.8, 4) is 0 Å². The molecule has 0 saturated carbocycles. The lowest BCUT2D eigenvalue weighted by Crippen LogP contribution is -2.38. The van der Waals surface area contributed by atoms with E-state index < -0.39 is 0 Å². The van der Waals surface area contributed by atoms with Crippen LogP contribution in [-0.2, 0) is 4.79 Å². The lowest BCUT2D eigenvalue weighted by molar-refractivity contribution is -0.109. The Morgan fingerprint density at radius 3 is 3.17 bits per heavy atom. The van der Waals surface area contributed by atoms with E-state index in [-0.39, 0.29) is 6.04 Å². The third-order valence-corrected chi connectivity index (χ3v) is 2.90. The number of carbonyl (C=O) groups excluding carboxylic acids is 1. The first kappa shape index (κ1) is 7.84. The van der Waals surface area contributed by atoms with Crippen LogP contribution in [0.1, 0.15) is 32.1 Å². The van der Waals surface area contributed by atoms with Gasteiger partial charge in [-0.2, -0.15) is 0 Å². The van der Waals surface area contributed by atoms with Gasteiger partial charge in [-0.15, -0.1) is 0 Å². The van der Waals surface area contributed by atoms with Crippen LogP contribution >= 0.6 is 0 Å². The van der Waals surface area contributed by atoms with Gasteiger partial charge in [0.15, 0.2) is 0 Å². The molecule has 0 spiro atoms. The molecule has 2 aliphatic rings. The van der Waals surface area contributed by atoms with Gasteiger partial charge in [0.05, 0.1) is 6.04 Å². The molecule has 2 atom stereocenters. The van der Waals surface area contributed by atoms with E-state index in [4.69, 9.17) is 0 Å². The monoisotopic (exact) mass is 165 g/mol. The number of hydrogen-bond acceptors (Lipinski definition) is 2. The van der Waals surface area contributed by atoms with Crippen LogP contribution in [-0.4, -0.2) is 12.3 Å². The van der Waals surface area contributed by atoms with Gasteiger partial charge in [0, 0.05) is 5.70 Å². The van der Waals surface area contributed by atoms with Crippen LogP contribution in [0.5, 0.6) is 0 Å². The van der Waals surface area contributed by atoms with Crippen molar-refractivity contribution in [1.29, 1.82) is 0 Å². The molecule has 1 saturated heterocycles. The predicted molar refractivity (Wildman–Crippen MR) is 47.6 cm³/mol. The summed E-state index contributed by atoms with van der Waals surface area (Å²) in [6.45, 7) is 0. The van der Waals surface area contributed by atoms with Crippen molar-refractivity contribution in [3.05, 3.63) is 11.8 Å². The van der Waals surface area contributed by atoms with E-state index in [1.807, 2.05) is 0 Å². The SMILES string of the molecule is O=CC1CCC2CCCC=C2N1. The van der Waals surface area contributed by atoms with E-state index >= 15 is 0 Å². The number of rotatable bonds is 1. The number of nitrogens with one attached hydrogen (secondary N) is 1. The quantitative estimate of drug-likeness (QED) is 0.598. The molecule has 0 aromatic heterocycles. The molecule has 12 heavy (non-hydrogen) atoms. The molecule has 1 aliphatic carbocycles. The van der Waals surface area contributed by atoms with E-state index in [2.05, 4.69) is 11.4 Å². The zero-order valence-electron chi connectivity index (χ0n) is 7.25. The van der Waals surface area contributed by atoms with Crippen LogP contribution in [0.15, 0.2) is 11.8 Å². The largest absolute Gasteiger partial charge is 0.379 e. The summed E-state index contributed by atoms with van der Waals surface area (Å²) in [4.78, 5) is 10.5. The Kier molecular flexibility index (Phi) is 2.15. The molecular weight excluding hydrogens is 150 g/mol. The van der Waals surface area contributed by atoms with E-state index in [0.717, 1.165) is 18.6 Å². The lowest BCUT2D eigenvalue weighted by Gasteiger charge is -2.33. The summed E-state index contributed by atoms with van der Waals surface area (Å²) in [5, 5.41) is 3.30. The molecule has 0 aromatic carbocycles. The van der Waals surface area contributed by atoms with Crippen LogP contribution in [0.4, 0.5) is 0 Å². The van der Waals surface area contributed by atoms with E-state index in [1.165, 1.54) is 31.4 Å². The molecule has 1 fully saturated rings. The van der Waals surface area contributed by atoms with Gasteiger partial charge in [-0.05, 0) is 38.0 Å². The van der Waals surface area contributed by atoms with Crippen molar-refractivity contribution >= 4 is 6.29 Å². The fourth-order valence-corrected chi connectivity index (χ4v) is 2.19. The van der Waals surface area contributed by atoms with Crippen molar-refractivity contribution in [2.75, 3.05) is 0 Å². The van der Waals surface area contributed by atoms with Gasteiger partial charge >= 0.3 is 0 Å². The molecule has 2 unspecified atom stereocenters. The molecule has 2 rings (SSSR count). The van der Waals surface area contributed by atoms with Crippen LogP contribution < -0.4 is 5.32 Å². The van der Waals surface area contributed by atoms with E-state index in [0.29, 0.717) is 0 Å². The highest BCUT2D eigenvalue weighted by Crippen LogP contribution is 2.30. The maximum Gasteiger partial charge on any atom is 0.142 e. The Labute approximate surface area is 73.0 Å². The van der Waals surface area contributed by atoms with Crippen molar-refractivity contribution in [3.63, 3.8) is 0 Å². The highest BCUT2D eigenvalue weighted by Gasteiger charge is 2.25. The summed E-state index contributed by atoms with van der Waals surface area (Å²) >= 11 is 0. The molecule has 1 aliphatic heterocycles. The molecule has 66 valence electrons. The zero-order valence-corrected chi connectivity index (χ0v) is 7.25. The molecule has 1 N–H and O–H groups in total. The summed E-state index contributed by atoms with van der Waals surface area (Å²) in [6.07, 6.45) is 9.33. The molecular formula is C10H15NO. The highest BCUT2D eigenvalue weighted by atomic mass is 16.1. The second-order valence-electron chi connectivity index (χ2n) is 3.75. The van der Waals surface area contributed by atoms with Crippen molar-refractivity contribution < 1.29 is 4.79 Å². The van der Waals surface area contributed by atoms with Crippen LogP contribution in [0, 0.1) is 5.92 Å². The summed E-state index contributed by atoms with van der Waals surface area (Å²) in [5.74, 6) is 0.731. The third-order valence-electron chi connectivity index (χ3n) is 2.90. The van der Waals surface area contributed by atoms with Gasteiger partial charge in [-0.1, -0.05) is 6.08 Å². The van der Waals surface area contributed by atoms with Gasteiger partial charge in [-0.3, -0.25) is 0 Å². The lowest BCUT2D eigenvalue weighted by atomic mass is 9.84. The van der Waals surface area contributed by atoms with Gasteiger partial charge in [0.1, 0.15) is 6.29 Å². The van der Waals surface area contributed by atoms with Crippen LogP contribution in [0.3, 0.4) is 0 Å². The maximum atomic E-state index is 10.5. The molecule has 0 aromatic rings. The Bertz CT molecular complexity index is 210. The minimum absolute atomic E-state index is 0.0885. The average molecular weight is 165 g/mol. The smallest absolute Gasteiger partial charge is 0.142 e. The normalized spacial score (nSPS) is 34.5. The van der Waals surface area contributed by atoms with E-state index in [9.17, 15) is 4.79 Å². The molecule has 2 heteroatoms. The zero-order chi connectivity index (χ0) is 8.39. The van der Waals surface area contributed by atoms with Crippen molar-refractivity contribution in [2.24, 2.45) is 5.92 Å². The number of fused-ring (bicyclic) bond motifs is 1. The third kappa shape index (κ3) is 1.38. The van der Waals surface area contributed by atoms with Crippen LogP contribution in [0.2, 0.25) is 0 Å². The number of carbonyl (C=O) groups is 1. The highest BCUT2D eigenvalue weighted by molar-refractivity contribution is 5.58. The molecule has 2 nitrogen and oxygen atoms in total. The summed E-state index contributed by atoms with van der Waals surface area (Å²) in [7, 11) is 0. The second-order valence-corrected chi connectivity index (χ2v) is 3.75. The Morgan fingerprint density at radius 2 is 2.33 bits per heavy atom. The first-order chi connectivity index (χ1) is 5.90. The standard InChI is InChI=1S/C10H15NO/c12-7-9-6-5-8-3-1-2-4-10(8)11-9/h4,7-9,11H,1-3,5-6H2. The minimum atomic E-state index is 0.0885. The fraction of sp³-hybridized carbons (Fsp3) is 0.700. The number of allylic oxidation sites excluding steroid dienone is 2. The number of aldehydes is 1. The predicted octanol–water partition coefficient (Wildman–Crippen LogP) is 1.62. The minimum Gasteiger partial charge on any atom is -0.379 e. The summed E-state index contributed by atoms with van der Waals surface area (Å²) in [6, 6.07) is 0.0885. The first-order valence-corrected chi connectivity index (χ1v) is 4.82. The molecule has 0 bridgehead atoms. The Balaban J connectivity index is 2.06. The van der Waals surface area contributed by atoms with Gasteiger partial charge in [0.2, 0.25) is 0 Å². The Hall–Kier alpha value is -0.790.